The molecule has 0 radical (unpaired) electrons. The molecule has 0 fully saturated rings. The van der Waals surface area contributed by atoms with E-state index in [1.54, 1.807) is 0 Å². The zero-order valence-corrected chi connectivity index (χ0v) is 23.4. The monoisotopic (exact) mass is 554 g/mol. The van der Waals surface area contributed by atoms with Gasteiger partial charge < -0.3 is 19.3 Å². The Labute approximate surface area is 246 Å². The van der Waals surface area contributed by atoms with Crippen LogP contribution in [0.2, 0.25) is 0 Å². The standard InChI is InChI=1S/C38H26N4O/c1-22-30-18-19-32-35(22)37-28(9-5-11-31(37)42(32)24-7-3-2-4-8-24)27-10-6-12-34-36(27)29-21-26(17-20-33(29)43-34)41(30)25-15-13-23(14-16-25)38(39)40/h2-21H,1H3,(H3,39,40). The molecule has 0 aliphatic rings. The Hall–Kier alpha value is -5.81. The number of fused-ring (bicyclic) bond motifs is 3. The largest absolute Gasteiger partial charge is 0.456 e. The minimum atomic E-state index is 0.0571. The van der Waals surface area contributed by atoms with Gasteiger partial charge in [0.2, 0.25) is 0 Å². The molecule has 9 aromatic rings. The first-order chi connectivity index (χ1) is 21.1. The van der Waals surface area contributed by atoms with Gasteiger partial charge in [0.25, 0.3) is 0 Å². The van der Waals surface area contributed by atoms with Crippen molar-refractivity contribution in [1.29, 1.82) is 5.41 Å². The van der Waals surface area contributed by atoms with Crippen LogP contribution in [0.3, 0.4) is 0 Å². The van der Waals surface area contributed by atoms with Crippen LogP contribution in [0.25, 0.3) is 76.9 Å². The van der Waals surface area contributed by atoms with Crippen LogP contribution in [0.1, 0.15) is 11.1 Å². The summed E-state index contributed by atoms with van der Waals surface area (Å²) in [5.74, 6) is 0.0571. The molecule has 4 bridgehead atoms. The van der Waals surface area contributed by atoms with Gasteiger partial charge in [0.1, 0.15) is 17.0 Å². The number of nitrogens with one attached hydrogen (secondary N) is 1. The molecule has 0 saturated carbocycles. The maximum Gasteiger partial charge on any atom is 0.136 e. The van der Waals surface area contributed by atoms with E-state index in [1.165, 1.54) is 27.2 Å². The van der Waals surface area contributed by atoms with Crippen molar-refractivity contribution in [2.45, 2.75) is 6.92 Å². The summed E-state index contributed by atoms with van der Waals surface area (Å²) in [5.41, 5.74) is 16.0. The molecule has 0 saturated heterocycles. The average Bonchev–Trinajstić information content (AvgIpc) is 3.58. The molecule has 0 spiro atoms. The molecule has 0 unspecified atom stereocenters. The summed E-state index contributed by atoms with van der Waals surface area (Å²) in [4.78, 5) is 0. The molecule has 9 rings (SSSR count). The highest BCUT2D eigenvalue weighted by Crippen LogP contribution is 2.42. The Morgan fingerprint density at radius 3 is 2.07 bits per heavy atom. The summed E-state index contributed by atoms with van der Waals surface area (Å²) in [6.07, 6.45) is 0. The van der Waals surface area contributed by atoms with Crippen molar-refractivity contribution in [3.8, 4) is 11.4 Å². The van der Waals surface area contributed by atoms with Gasteiger partial charge >= 0.3 is 0 Å². The minimum absolute atomic E-state index is 0.0571. The first kappa shape index (κ1) is 23.9. The van der Waals surface area contributed by atoms with E-state index in [2.05, 4.69) is 113 Å². The smallest absolute Gasteiger partial charge is 0.136 e. The number of benzene rings is 6. The second-order valence-electron chi connectivity index (χ2n) is 11.2. The van der Waals surface area contributed by atoms with Crippen LogP contribution in [-0.2, 0) is 0 Å². The fourth-order valence-electron chi connectivity index (χ4n) is 7.02. The SMILES string of the molecule is Cc1c2c3c4cccc3n(-c3ccccc3)c2ccc1n(-c1ccc(C(=N)N)cc1)c1ccc2oc3cccc4c3c2c1. The number of hydrogen-bond donors (Lipinski definition) is 2. The molecule has 0 atom stereocenters. The highest BCUT2D eigenvalue weighted by molar-refractivity contribution is 6.28. The number of hydrogen-bond acceptors (Lipinski definition) is 2. The van der Waals surface area contributed by atoms with Gasteiger partial charge in [0.05, 0.1) is 11.0 Å². The van der Waals surface area contributed by atoms with Crippen LogP contribution >= 0.6 is 0 Å². The molecule has 3 heterocycles. The molecule has 0 aliphatic heterocycles. The fourth-order valence-corrected chi connectivity index (χ4v) is 7.02. The van der Waals surface area contributed by atoms with E-state index in [1.807, 2.05) is 24.3 Å². The van der Waals surface area contributed by atoms with E-state index in [0.29, 0.717) is 5.56 Å². The lowest BCUT2D eigenvalue weighted by atomic mass is 10.00. The van der Waals surface area contributed by atoms with Gasteiger partial charge in [0, 0.05) is 49.5 Å². The summed E-state index contributed by atoms with van der Waals surface area (Å²) in [6, 6.07) is 42.5. The maximum absolute atomic E-state index is 7.92. The molecule has 3 N–H and O–H groups in total. The molecule has 204 valence electrons. The molecule has 5 heteroatoms. The van der Waals surface area contributed by atoms with Crippen molar-refractivity contribution in [2.24, 2.45) is 5.73 Å². The van der Waals surface area contributed by atoms with E-state index in [0.717, 1.165) is 55.2 Å². The van der Waals surface area contributed by atoms with E-state index in [-0.39, 0.29) is 5.84 Å². The van der Waals surface area contributed by atoms with Gasteiger partial charge in [-0.15, -0.1) is 0 Å². The summed E-state index contributed by atoms with van der Waals surface area (Å²) in [6.45, 7) is 2.24. The van der Waals surface area contributed by atoms with Crippen LogP contribution < -0.4 is 5.73 Å². The third-order valence-corrected chi connectivity index (χ3v) is 8.91. The van der Waals surface area contributed by atoms with Crippen LogP contribution in [-0.4, -0.2) is 15.0 Å². The second-order valence-corrected chi connectivity index (χ2v) is 11.2. The molecule has 43 heavy (non-hydrogen) atoms. The summed E-state index contributed by atoms with van der Waals surface area (Å²) >= 11 is 0. The fraction of sp³-hybridized carbons (Fsp3) is 0.0263. The lowest BCUT2D eigenvalue weighted by Crippen LogP contribution is -2.10. The highest BCUT2D eigenvalue weighted by atomic mass is 16.3. The van der Waals surface area contributed by atoms with Crippen molar-refractivity contribution < 1.29 is 4.42 Å². The normalized spacial score (nSPS) is 12.0. The number of nitrogen functional groups attached to an aromatic ring is 1. The van der Waals surface area contributed by atoms with E-state index < -0.39 is 0 Å². The lowest BCUT2D eigenvalue weighted by molar-refractivity contribution is 0.669. The Morgan fingerprint density at radius 1 is 0.581 bits per heavy atom. The number of para-hydroxylation sites is 1. The third kappa shape index (κ3) is 3.24. The van der Waals surface area contributed by atoms with Crippen LogP contribution in [0.4, 0.5) is 0 Å². The van der Waals surface area contributed by atoms with E-state index in [9.17, 15) is 0 Å². The molecular formula is C38H26N4O. The van der Waals surface area contributed by atoms with Gasteiger partial charge in [-0.3, -0.25) is 5.41 Å². The van der Waals surface area contributed by atoms with E-state index >= 15 is 0 Å². The van der Waals surface area contributed by atoms with Gasteiger partial charge in [-0.2, -0.15) is 0 Å². The first-order valence-corrected chi connectivity index (χ1v) is 14.4. The quantitative estimate of drug-likeness (QED) is 0.169. The number of rotatable bonds is 3. The Kier molecular flexibility index (Phi) is 4.77. The summed E-state index contributed by atoms with van der Waals surface area (Å²) < 4.78 is 11.1. The van der Waals surface area contributed by atoms with Crippen molar-refractivity contribution in [3.63, 3.8) is 0 Å². The van der Waals surface area contributed by atoms with Crippen molar-refractivity contribution >= 4 is 71.4 Å². The number of aryl methyl sites for hydroxylation is 1. The highest BCUT2D eigenvalue weighted by Gasteiger charge is 2.20. The number of amidine groups is 1. The minimum Gasteiger partial charge on any atom is -0.456 e. The lowest BCUT2D eigenvalue weighted by Gasteiger charge is -2.15. The van der Waals surface area contributed by atoms with Gasteiger partial charge in [-0.05, 0) is 102 Å². The molecule has 3 aromatic heterocycles. The molecule has 5 nitrogen and oxygen atoms in total. The van der Waals surface area contributed by atoms with Gasteiger partial charge in [0.15, 0.2) is 0 Å². The van der Waals surface area contributed by atoms with E-state index in [4.69, 9.17) is 15.6 Å². The first-order valence-electron chi connectivity index (χ1n) is 14.4. The number of aromatic nitrogens is 2. The molecule has 0 aliphatic carbocycles. The summed E-state index contributed by atoms with van der Waals surface area (Å²) in [5, 5.41) is 14.9. The van der Waals surface area contributed by atoms with Crippen molar-refractivity contribution in [1.82, 2.24) is 9.13 Å². The molecule has 0 amide bonds. The van der Waals surface area contributed by atoms with Crippen LogP contribution in [0.15, 0.2) is 126 Å². The van der Waals surface area contributed by atoms with Crippen molar-refractivity contribution in [2.75, 3.05) is 0 Å². The third-order valence-electron chi connectivity index (χ3n) is 8.91. The van der Waals surface area contributed by atoms with Gasteiger partial charge in [-0.1, -0.05) is 42.5 Å². The molecular weight excluding hydrogens is 528 g/mol. The van der Waals surface area contributed by atoms with Gasteiger partial charge in [-0.25, -0.2) is 0 Å². The topological polar surface area (TPSA) is 72.9 Å². The predicted molar refractivity (Wildman–Crippen MR) is 178 cm³/mol. The maximum atomic E-state index is 7.92. The van der Waals surface area contributed by atoms with Crippen LogP contribution in [0, 0.1) is 12.3 Å². The average molecular weight is 555 g/mol. The van der Waals surface area contributed by atoms with Crippen LogP contribution in [0.5, 0.6) is 0 Å². The zero-order chi connectivity index (χ0) is 28.8. The Balaban J connectivity index is 1.60. The zero-order valence-electron chi connectivity index (χ0n) is 23.4. The number of nitrogens with two attached hydrogens (primary N) is 1. The molecule has 6 aromatic carbocycles. The second kappa shape index (κ2) is 8.60. The Morgan fingerprint density at radius 2 is 1.28 bits per heavy atom. The summed E-state index contributed by atoms with van der Waals surface area (Å²) in [7, 11) is 0. The van der Waals surface area contributed by atoms with Crippen molar-refractivity contribution in [3.05, 3.63) is 132 Å². The Bertz CT molecular complexity index is 2580. The predicted octanol–water partition coefficient (Wildman–Crippen LogP) is 9.37. The number of furan rings is 1. The number of nitrogens with zero attached hydrogens (tertiary/aromatic N) is 2.